The van der Waals surface area contributed by atoms with Crippen molar-refractivity contribution in [3.05, 3.63) is 122 Å². The van der Waals surface area contributed by atoms with E-state index in [9.17, 15) is 35.1 Å². The quantitative estimate of drug-likeness (QED) is 0.0149. The van der Waals surface area contributed by atoms with Gasteiger partial charge in [0.2, 0.25) is 5.91 Å². The Labute approximate surface area is 493 Å². The van der Waals surface area contributed by atoms with Crippen LogP contribution >= 0.6 is 0 Å². The molecule has 0 aromatic rings. The summed E-state index contributed by atoms with van der Waals surface area (Å²) in [6.45, 7) is 5.58. The largest absolute Gasteiger partial charge is 0.454 e. The lowest BCUT2D eigenvalue weighted by atomic mass is 9.99. The fraction of sp³-hybridized carbons (Fsp3) is 0.686. The smallest absolute Gasteiger partial charge is 0.306 e. The zero-order valence-electron chi connectivity index (χ0n) is 51.1. The molecule has 0 radical (unpaired) electrons. The zero-order valence-corrected chi connectivity index (χ0v) is 51.1. The van der Waals surface area contributed by atoms with E-state index in [4.69, 9.17) is 14.2 Å². The molecular weight excluding hydrogens is 1010 g/mol. The number of amides is 1. The minimum Gasteiger partial charge on any atom is -0.454 e. The van der Waals surface area contributed by atoms with Gasteiger partial charge < -0.3 is 45.1 Å². The first-order valence-corrected chi connectivity index (χ1v) is 32.4. The van der Waals surface area contributed by atoms with Gasteiger partial charge >= 0.3 is 5.97 Å². The summed E-state index contributed by atoms with van der Waals surface area (Å²) in [6, 6.07) is -1.06. The fourth-order valence-electron chi connectivity index (χ4n) is 9.36. The number of carbonyl (C=O) groups excluding carboxylic acids is 2. The van der Waals surface area contributed by atoms with Crippen LogP contribution in [0.3, 0.4) is 0 Å². The number of hydrogen-bond acceptors (Lipinski definition) is 10. The summed E-state index contributed by atoms with van der Waals surface area (Å²) < 4.78 is 17.6. The van der Waals surface area contributed by atoms with Gasteiger partial charge in [-0.05, 0) is 89.9 Å². The summed E-state index contributed by atoms with van der Waals surface area (Å²) in [4.78, 5) is 26.6. The van der Waals surface area contributed by atoms with E-state index in [1.54, 1.807) is 6.08 Å². The van der Waals surface area contributed by atoms with Crippen molar-refractivity contribution in [1.82, 2.24) is 5.32 Å². The maximum Gasteiger partial charge on any atom is 0.306 e. The van der Waals surface area contributed by atoms with Gasteiger partial charge in [-0.15, -0.1) is 0 Å². The molecule has 6 N–H and O–H groups in total. The van der Waals surface area contributed by atoms with Gasteiger partial charge in [-0.1, -0.05) is 271 Å². The van der Waals surface area contributed by atoms with Crippen molar-refractivity contribution in [1.29, 1.82) is 0 Å². The molecule has 0 aromatic carbocycles. The van der Waals surface area contributed by atoms with Crippen LogP contribution in [0.2, 0.25) is 0 Å². The van der Waals surface area contributed by atoms with E-state index in [0.29, 0.717) is 12.8 Å². The van der Waals surface area contributed by atoms with Crippen LogP contribution in [0.5, 0.6) is 0 Å². The number of esters is 1. The number of aliphatic hydroxyl groups is 5. The van der Waals surface area contributed by atoms with E-state index >= 15 is 0 Å². The van der Waals surface area contributed by atoms with E-state index in [-0.39, 0.29) is 19.4 Å². The molecule has 0 saturated carbocycles. The summed E-state index contributed by atoms with van der Waals surface area (Å²) in [5.41, 5.74) is 0. The molecule has 0 aromatic heterocycles. The number of unbranched alkanes of at least 4 members (excludes halogenated alkanes) is 25. The van der Waals surface area contributed by atoms with Gasteiger partial charge in [0.1, 0.15) is 24.4 Å². The van der Waals surface area contributed by atoms with Crippen LogP contribution in [-0.2, 0) is 23.8 Å². The van der Waals surface area contributed by atoms with Crippen LogP contribution in [0.4, 0.5) is 0 Å². The highest BCUT2D eigenvalue weighted by atomic mass is 16.7. The predicted octanol–water partition coefficient (Wildman–Crippen LogP) is 15.8. The lowest BCUT2D eigenvalue weighted by Gasteiger charge is -2.41. The number of ether oxygens (including phenoxy) is 3. The van der Waals surface area contributed by atoms with Crippen LogP contribution in [0.15, 0.2) is 122 Å². The average Bonchev–Trinajstić information content (AvgIpc) is 3.46. The summed E-state index contributed by atoms with van der Waals surface area (Å²) in [5.74, 6) is -1.25. The Balaban J connectivity index is 2.65. The third kappa shape index (κ3) is 44.3. The summed E-state index contributed by atoms with van der Waals surface area (Å²) in [5, 5.41) is 57.0. The highest BCUT2D eigenvalue weighted by Gasteiger charge is 2.47. The second kappa shape index (κ2) is 56.5. The first-order chi connectivity index (χ1) is 39.7. The normalized spacial score (nSPS) is 19.5. The van der Waals surface area contributed by atoms with Crippen LogP contribution in [-0.4, -0.2) is 99.6 Å². The Morgan fingerprint density at radius 3 is 1.47 bits per heavy atom. The third-order valence-electron chi connectivity index (χ3n) is 14.5. The molecule has 462 valence electrons. The maximum atomic E-state index is 13.4. The standard InChI is InChI=1S/C70H117NO10/c1-4-7-10-13-16-19-22-25-27-28-29-30-31-32-33-34-35-36-37-40-43-46-49-52-55-58-65(75)81-68-67(77)66(76)64(59-72)80-70(68)79-60-61(62(73)56-53-50-47-44-41-38-24-21-18-15-12-9-6-3)71-69(78)63(74)57-54-51-48-45-42-39-26-23-20-17-14-11-8-5-2/h8,11,14,16-17,19-20,23,25-27,29-30,32-33,39,42,45,53,56,61-64,66-68,70,72-74,76-77H,4-7,9-10,12-13,15,18,21-22,24,28,31,34-38,40-41,43-44,46-52,54-55,57-60H2,1-3H3,(H,71,78)/b11-8+,17-14+,19-16-,23-20-,27-25-,30-29-,33-32-,39-26-,45-42+,56-53+. The molecule has 1 saturated heterocycles. The average molecular weight is 1130 g/mol. The van der Waals surface area contributed by atoms with Crippen LogP contribution in [0.1, 0.15) is 245 Å². The highest BCUT2D eigenvalue weighted by Crippen LogP contribution is 2.26. The van der Waals surface area contributed by atoms with Gasteiger partial charge in [0.15, 0.2) is 12.4 Å². The first kappa shape index (κ1) is 75.1. The van der Waals surface area contributed by atoms with Gasteiger partial charge in [-0.25, -0.2) is 0 Å². The molecule has 0 bridgehead atoms. The van der Waals surface area contributed by atoms with E-state index in [1.165, 1.54) is 103 Å². The lowest BCUT2D eigenvalue weighted by Crippen LogP contribution is -2.61. The fourth-order valence-corrected chi connectivity index (χ4v) is 9.36. The van der Waals surface area contributed by atoms with Gasteiger partial charge in [-0.3, -0.25) is 9.59 Å². The molecule has 1 aliphatic heterocycles. The van der Waals surface area contributed by atoms with Crippen molar-refractivity contribution in [3.63, 3.8) is 0 Å². The molecule has 11 heteroatoms. The van der Waals surface area contributed by atoms with E-state index in [2.05, 4.69) is 80.8 Å². The maximum absolute atomic E-state index is 13.4. The van der Waals surface area contributed by atoms with Crippen LogP contribution < -0.4 is 5.32 Å². The summed E-state index contributed by atoms with van der Waals surface area (Å²) in [7, 11) is 0. The Morgan fingerprint density at radius 1 is 0.506 bits per heavy atom. The molecule has 0 spiro atoms. The molecule has 1 fully saturated rings. The van der Waals surface area contributed by atoms with Gasteiger partial charge in [0.25, 0.3) is 0 Å². The Morgan fingerprint density at radius 2 is 0.938 bits per heavy atom. The summed E-state index contributed by atoms with van der Waals surface area (Å²) in [6.07, 6.45) is 68.1. The topological polar surface area (TPSA) is 175 Å². The molecule has 1 aliphatic rings. The van der Waals surface area contributed by atoms with Gasteiger partial charge in [0, 0.05) is 6.42 Å². The highest BCUT2D eigenvalue weighted by molar-refractivity contribution is 5.80. The number of allylic oxidation sites excluding steroid dienone is 19. The molecule has 81 heavy (non-hydrogen) atoms. The molecule has 8 unspecified atom stereocenters. The van der Waals surface area contributed by atoms with Crippen molar-refractivity contribution in [2.24, 2.45) is 0 Å². The lowest BCUT2D eigenvalue weighted by molar-refractivity contribution is -0.305. The van der Waals surface area contributed by atoms with E-state index < -0.39 is 67.4 Å². The number of rotatable bonds is 53. The van der Waals surface area contributed by atoms with Crippen molar-refractivity contribution in [3.8, 4) is 0 Å². The van der Waals surface area contributed by atoms with Crippen LogP contribution in [0.25, 0.3) is 0 Å². The Kier molecular flexibility index (Phi) is 52.4. The number of aliphatic hydroxyl groups excluding tert-OH is 5. The molecule has 1 rings (SSSR count). The number of carbonyl (C=O) groups is 2. The first-order valence-electron chi connectivity index (χ1n) is 32.4. The molecular formula is C70H117NO10. The Hall–Kier alpha value is -3.94. The van der Waals surface area contributed by atoms with Crippen molar-refractivity contribution in [2.75, 3.05) is 13.2 Å². The SMILES string of the molecule is CC/C=C/C=C/C=C\C=C/C=C/CCCCC(O)C(=O)NC(COC1OC(CO)C(O)C(O)C1OC(=O)CCCCCCCCCCC/C=C\C/C=C\C/C=C\C/C=C\CCCCC)C(O)/C=C/CCCCCCCCCCCCC. The molecule has 11 nitrogen and oxygen atoms in total. The second-order valence-electron chi connectivity index (χ2n) is 21.9. The zero-order chi connectivity index (χ0) is 58.9. The van der Waals surface area contributed by atoms with Crippen LogP contribution in [0, 0.1) is 0 Å². The number of nitrogens with one attached hydrogen (secondary N) is 1. The summed E-state index contributed by atoms with van der Waals surface area (Å²) >= 11 is 0. The minimum atomic E-state index is -1.63. The van der Waals surface area contributed by atoms with Crippen molar-refractivity contribution in [2.45, 2.75) is 294 Å². The third-order valence-corrected chi connectivity index (χ3v) is 14.5. The molecule has 0 aliphatic carbocycles. The monoisotopic (exact) mass is 1130 g/mol. The molecule has 1 amide bonds. The Bertz CT molecular complexity index is 1780. The van der Waals surface area contributed by atoms with Gasteiger partial charge in [0.05, 0.1) is 25.4 Å². The second-order valence-corrected chi connectivity index (χ2v) is 21.9. The molecule has 1 heterocycles. The molecule has 8 atom stereocenters. The number of hydrogen-bond donors (Lipinski definition) is 6. The van der Waals surface area contributed by atoms with Crippen molar-refractivity contribution >= 4 is 11.9 Å². The minimum absolute atomic E-state index is 0.104. The van der Waals surface area contributed by atoms with E-state index in [1.807, 2.05) is 60.8 Å². The van der Waals surface area contributed by atoms with Gasteiger partial charge in [-0.2, -0.15) is 0 Å². The van der Waals surface area contributed by atoms with Crippen molar-refractivity contribution < 1.29 is 49.3 Å². The predicted molar refractivity (Wildman–Crippen MR) is 338 cm³/mol. The van der Waals surface area contributed by atoms with E-state index in [0.717, 1.165) is 96.3 Å².